The van der Waals surface area contributed by atoms with E-state index in [-0.39, 0.29) is 0 Å². The van der Waals surface area contributed by atoms with Crippen molar-refractivity contribution in [1.82, 2.24) is 10.2 Å². The van der Waals surface area contributed by atoms with Gasteiger partial charge in [0, 0.05) is 6.42 Å². The molecule has 0 aromatic heterocycles. The van der Waals surface area contributed by atoms with E-state index in [4.69, 9.17) is 4.74 Å². The highest BCUT2D eigenvalue weighted by molar-refractivity contribution is 5.78. The minimum Gasteiger partial charge on any atom is -0.497 e. The summed E-state index contributed by atoms with van der Waals surface area (Å²) in [7, 11) is 1.73. The van der Waals surface area contributed by atoms with Crippen molar-refractivity contribution >= 4 is 5.96 Å². The molecule has 0 bridgehead atoms. The van der Waals surface area contributed by atoms with E-state index >= 15 is 0 Å². The molecule has 1 aliphatic carbocycles. The molecule has 4 rings (SSSR count). The van der Waals surface area contributed by atoms with Crippen LogP contribution in [-0.2, 0) is 6.42 Å². The summed E-state index contributed by atoms with van der Waals surface area (Å²) < 4.78 is 7.98. The Kier molecular flexibility index (Phi) is 5.10. The maximum absolute atomic E-state index is 5.32. The topological polar surface area (TPSA) is 27.5 Å². The van der Waals surface area contributed by atoms with Gasteiger partial charge in [-0.05, 0) is 42.4 Å². The highest BCUT2D eigenvalue weighted by Crippen LogP contribution is 2.29. The Hall–Kier alpha value is -1.71. The second-order valence-corrected chi connectivity index (χ2v) is 8.68. The molecule has 1 fully saturated rings. The number of hydrogen-bond donors (Lipinski definition) is 1. The zero-order valence-corrected chi connectivity index (χ0v) is 16.6. The van der Waals surface area contributed by atoms with Crippen molar-refractivity contribution in [2.75, 3.05) is 26.7 Å². The van der Waals surface area contributed by atoms with Crippen molar-refractivity contribution < 1.29 is 9.31 Å². The molecule has 2 atom stereocenters. The van der Waals surface area contributed by atoms with E-state index in [1.54, 1.807) is 7.11 Å². The van der Waals surface area contributed by atoms with Crippen LogP contribution in [0.4, 0.5) is 0 Å². The van der Waals surface area contributed by atoms with Gasteiger partial charge >= 0.3 is 5.96 Å². The van der Waals surface area contributed by atoms with Crippen LogP contribution in [0.2, 0.25) is 0 Å². The maximum Gasteiger partial charge on any atom is 0.349 e. The molecule has 0 spiro atoms. The molecule has 4 nitrogen and oxygen atoms in total. The SMILES string of the molecule is COc1ccc(CC2C[N+]3=C(NCC3C(C)C)N2CC2CCCC2)cc1. The molecule has 1 N–H and O–H groups in total. The summed E-state index contributed by atoms with van der Waals surface area (Å²) in [6.07, 6.45) is 6.77. The maximum atomic E-state index is 5.32. The molecule has 0 amide bonds. The average Bonchev–Trinajstić information content (AvgIpc) is 3.35. The molecule has 4 heteroatoms. The van der Waals surface area contributed by atoms with E-state index in [1.807, 2.05) is 0 Å². The van der Waals surface area contributed by atoms with Crippen LogP contribution in [0.1, 0.15) is 45.1 Å². The van der Waals surface area contributed by atoms with Gasteiger partial charge in [-0.1, -0.05) is 38.8 Å². The molecule has 2 unspecified atom stereocenters. The van der Waals surface area contributed by atoms with Crippen molar-refractivity contribution in [1.29, 1.82) is 0 Å². The second-order valence-electron chi connectivity index (χ2n) is 8.68. The van der Waals surface area contributed by atoms with Gasteiger partial charge in [0.1, 0.15) is 24.4 Å². The minimum atomic E-state index is 0.577. The third-order valence-electron chi connectivity index (χ3n) is 6.59. The first-order valence-electron chi connectivity index (χ1n) is 10.4. The lowest BCUT2D eigenvalue weighted by molar-refractivity contribution is -0.557. The van der Waals surface area contributed by atoms with Crippen molar-refractivity contribution in [3.8, 4) is 5.75 Å². The summed E-state index contributed by atoms with van der Waals surface area (Å²) in [6, 6.07) is 9.86. The largest absolute Gasteiger partial charge is 0.497 e. The fourth-order valence-electron chi connectivity index (χ4n) is 5.06. The van der Waals surface area contributed by atoms with Crippen LogP contribution in [0.5, 0.6) is 5.75 Å². The Bertz CT molecular complexity index is 646. The smallest absolute Gasteiger partial charge is 0.349 e. The summed E-state index contributed by atoms with van der Waals surface area (Å²) in [5.74, 6) is 3.92. The fourth-order valence-corrected chi connectivity index (χ4v) is 5.06. The molecule has 2 aliphatic heterocycles. The molecule has 1 saturated carbocycles. The molecule has 1 aromatic rings. The number of methoxy groups -OCH3 is 1. The number of hydrogen-bond acceptors (Lipinski definition) is 3. The Labute approximate surface area is 158 Å². The predicted molar refractivity (Wildman–Crippen MR) is 106 cm³/mol. The fraction of sp³-hybridized carbons (Fsp3) is 0.682. The first-order chi connectivity index (χ1) is 12.7. The summed E-state index contributed by atoms with van der Waals surface area (Å²) in [5, 5.41) is 3.76. The molecule has 142 valence electrons. The third-order valence-corrected chi connectivity index (χ3v) is 6.59. The molecular weight excluding hydrogens is 322 g/mol. The number of benzene rings is 1. The molecular formula is C22H34N3O+. The zero-order valence-electron chi connectivity index (χ0n) is 16.6. The highest BCUT2D eigenvalue weighted by atomic mass is 16.5. The van der Waals surface area contributed by atoms with Crippen LogP contribution in [0.25, 0.3) is 0 Å². The highest BCUT2D eigenvalue weighted by Gasteiger charge is 2.46. The van der Waals surface area contributed by atoms with E-state index in [0.717, 1.165) is 31.2 Å². The molecule has 2 heterocycles. The number of guanidine groups is 1. The first kappa shape index (κ1) is 17.7. The van der Waals surface area contributed by atoms with Gasteiger partial charge < -0.3 is 4.74 Å². The Balaban J connectivity index is 1.52. The van der Waals surface area contributed by atoms with E-state index in [9.17, 15) is 0 Å². The zero-order chi connectivity index (χ0) is 18.1. The van der Waals surface area contributed by atoms with Crippen molar-refractivity contribution in [3.05, 3.63) is 29.8 Å². The van der Waals surface area contributed by atoms with Crippen LogP contribution >= 0.6 is 0 Å². The number of rotatable bonds is 6. The Morgan fingerprint density at radius 1 is 1.19 bits per heavy atom. The van der Waals surface area contributed by atoms with Gasteiger partial charge in [-0.15, -0.1) is 0 Å². The summed E-state index contributed by atoms with van der Waals surface area (Å²) in [6.45, 7) is 8.19. The van der Waals surface area contributed by atoms with E-state index in [0.29, 0.717) is 18.0 Å². The lowest BCUT2D eigenvalue weighted by Crippen LogP contribution is -2.46. The monoisotopic (exact) mass is 356 g/mol. The normalized spacial score (nSPS) is 25.9. The minimum absolute atomic E-state index is 0.577. The second kappa shape index (κ2) is 7.50. The summed E-state index contributed by atoms with van der Waals surface area (Å²) >= 11 is 0. The average molecular weight is 357 g/mol. The van der Waals surface area contributed by atoms with Gasteiger partial charge in [-0.25, -0.2) is 0 Å². The molecule has 0 radical (unpaired) electrons. The van der Waals surface area contributed by atoms with Crippen molar-refractivity contribution in [3.63, 3.8) is 0 Å². The lowest BCUT2D eigenvalue weighted by Gasteiger charge is -2.25. The van der Waals surface area contributed by atoms with E-state index in [1.165, 1.54) is 43.8 Å². The van der Waals surface area contributed by atoms with Crippen molar-refractivity contribution in [2.24, 2.45) is 11.8 Å². The van der Waals surface area contributed by atoms with Gasteiger partial charge in [0.25, 0.3) is 0 Å². The van der Waals surface area contributed by atoms with Gasteiger partial charge in [-0.2, -0.15) is 0 Å². The lowest BCUT2D eigenvalue weighted by atomic mass is 10.0. The summed E-state index contributed by atoms with van der Waals surface area (Å²) in [4.78, 5) is 2.71. The molecule has 3 aliphatic rings. The quantitative estimate of drug-likeness (QED) is 0.794. The van der Waals surface area contributed by atoms with E-state index in [2.05, 4.69) is 52.9 Å². The molecule has 0 saturated heterocycles. The van der Waals surface area contributed by atoms with Gasteiger partial charge in [0.2, 0.25) is 0 Å². The summed E-state index contributed by atoms with van der Waals surface area (Å²) in [5.41, 5.74) is 1.41. The Morgan fingerprint density at radius 2 is 1.92 bits per heavy atom. The first-order valence-corrected chi connectivity index (χ1v) is 10.4. The van der Waals surface area contributed by atoms with Crippen LogP contribution in [0.3, 0.4) is 0 Å². The number of nitrogens with zero attached hydrogens (tertiary/aromatic N) is 2. The van der Waals surface area contributed by atoms with Gasteiger partial charge in [-0.3, -0.25) is 14.8 Å². The standard InChI is InChI=1S/C22H33N3O/c1-16(2)21-13-23-22-24(14-18-6-4-5-7-18)19(15-25(21)22)12-17-8-10-20(26-3)11-9-17/h8-11,16,18-19,21H,4-7,12-15H2,1-3H3/p+1. The van der Waals surface area contributed by atoms with Gasteiger partial charge in [0.05, 0.1) is 20.2 Å². The van der Waals surface area contributed by atoms with Gasteiger partial charge in [0.15, 0.2) is 0 Å². The van der Waals surface area contributed by atoms with E-state index < -0.39 is 0 Å². The van der Waals surface area contributed by atoms with Crippen LogP contribution in [0.15, 0.2) is 24.3 Å². The predicted octanol–water partition coefficient (Wildman–Crippen LogP) is 3.11. The molecule has 1 aromatic carbocycles. The third kappa shape index (κ3) is 3.43. The van der Waals surface area contributed by atoms with Crippen LogP contribution < -0.4 is 10.1 Å². The number of ether oxygens (including phenoxy) is 1. The van der Waals surface area contributed by atoms with Crippen LogP contribution in [0, 0.1) is 11.8 Å². The van der Waals surface area contributed by atoms with Crippen LogP contribution in [-0.4, -0.2) is 54.3 Å². The van der Waals surface area contributed by atoms with Crippen molar-refractivity contribution in [2.45, 2.75) is 58.0 Å². The Morgan fingerprint density at radius 3 is 2.58 bits per heavy atom. The molecule has 26 heavy (non-hydrogen) atoms. The number of nitrogens with one attached hydrogen (secondary N) is 1.